The first-order chi connectivity index (χ1) is 7.71. The molecular weight excluding hydrogens is 212 g/mol. The van der Waals surface area contributed by atoms with Gasteiger partial charge < -0.3 is 10.2 Å². The van der Waals surface area contributed by atoms with E-state index in [2.05, 4.69) is 20.8 Å². The number of rotatable bonds is 2. The number of aromatic hydroxyl groups is 1. The molecule has 0 bridgehead atoms. The van der Waals surface area contributed by atoms with E-state index >= 15 is 0 Å². The minimum Gasteiger partial charge on any atom is -0.507 e. The van der Waals surface area contributed by atoms with Crippen LogP contribution >= 0.6 is 0 Å². The number of benzene rings is 1. The molecule has 0 radical (unpaired) electrons. The summed E-state index contributed by atoms with van der Waals surface area (Å²) in [5.41, 5.74) is 2.45. The molecule has 0 spiro atoms. The Morgan fingerprint density at radius 3 is 2.29 bits per heavy atom. The average Bonchev–Trinajstić information content (AvgIpc) is 2.87. The number of phenolic OH excluding ortho intramolecular Hbond substituents is 1. The number of hydrogen-bond acceptors (Lipinski definition) is 2. The van der Waals surface area contributed by atoms with Gasteiger partial charge in [-0.1, -0.05) is 32.9 Å². The van der Waals surface area contributed by atoms with Gasteiger partial charge in [0.15, 0.2) is 0 Å². The van der Waals surface area contributed by atoms with Gasteiger partial charge in [0.05, 0.1) is 5.60 Å². The molecule has 2 N–H and O–H groups in total. The fourth-order valence-corrected chi connectivity index (χ4v) is 2.23. The summed E-state index contributed by atoms with van der Waals surface area (Å²) in [5, 5.41) is 20.1. The molecule has 0 amide bonds. The average molecular weight is 234 g/mol. The van der Waals surface area contributed by atoms with Gasteiger partial charge in [-0.25, -0.2) is 0 Å². The number of hydrogen-bond donors (Lipinski definition) is 2. The van der Waals surface area contributed by atoms with Crippen molar-refractivity contribution in [1.29, 1.82) is 0 Å². The van der Waals surface area contributed by atoms with E-state index in [4.69, 9.17) is 0 Å². The van der Waals surface area contributed by atoms with Crippen LogP contribution < -0.4 is 0 Å². The lowest BCUT2D eigenvalue weighted by atomic mass is 9.83. The highest BCUT2D eigenvalue weighted by Crippen LogP contribution is 2.40. The van der Waals surface area contributed by atoms with Crippen LogP contribution in [0.2, 0.25) is 0 Å². The largest absolute Gasteiger partial charge is 0.507 e. The normalized spacial score (nSPS) is 18.2. The van der Waals surface area contributed by atoms with Crippen LogP contribution in [-0.4, -0.2) is 15.8 Å². The van der Waals surface area contributed by atoms with Crippen molar-refractivity contribution in [2.75, 3.05) is 0 Å². The van der Waals surface area contributed by atoms with Gasteiger partial charge in [0.25, 0.3) is 0 Å². The molecule has 17 heavy (non-hydrogen) atoms. The lowest BCUT2D eigenvalue weighted by Crippen LogP contribution is -2.15. The summed E-state index contributed by atoms with van der Waals surface area (Å²) in [6, 6.07) is 4.03. The molecule has 1 saturated carbocycles. The topological polar surface area (TPSA) is 40.5 Å². The number of aliphatic hydroxyl groups is 1. The predicted octanol–water partition coefficient (Wildman–Crippen LogP) is 3.07. The first-order valence-electron chi connectivity index (χ1n) is 6.27. The van der Waals surface area contributed by atoms with Gasteiger partial charge >= 0.3 is 0 Å². The van der Waals surface area contributed by atoms with E-state index in [0.717, 1.165) is 29.5 Å². The summed E-state index contributed by atoms with van der Waals surface area (Å²) >= 11 is 0. The van der Waals surface area contributed by atoms with Gasteiger partial charge in [-0.05, 0) is 41.9 Å². The smallest absolute Gasteiger partial charge is 0.122 e. The molecule has 1 aromatic rings. The van der Waals surface area contributed by atoms with E-state index in [1.807, 2.05) is 19.1 Å². The molecule has 0 atom stereocenters. The molecular formula is C15H22O2. The van der Waals surface area contributed by atoms with Gasteiger partial charge in [0.1, 0.15) is 5.75 Å². The van der Waals surface area contributed by atoms with Crippen LogP contribution in [0.3, 0.4) is 0 Å². The van der Waals surface area contributed by atoms with Gasteiger partial charge in [-0.2, -0.15) is 0 Å². The van der Waals surface area contributed by atoms with E-state index in [-0.39, 0.29) is 5.41 Å². The molecule has 0 unspecified atom stereocenters. The molecule has 2 nitrogen and oxygen atoms in total. The first kappa shape index (κ1) is 12.4. The Morgan fingerprint density at radius 2 is 1.82 bits per heavy atom. The molecule has 1 aliphatic carbocycles. The zero-order valence-corrected chi connectivity index (χ0v) is 11.2. The number of aryl methyl sites for hydroxylation is 1. The molecule has 2 rings (SSSR count). The summed E-state index contributed by atoms with van der Waals surface area (Å²) < 4.78 is 0. The summed E-state index contributed by atoms with van der Waals surface area (Å²) in [5.74, 6) is 0.393. The maximum absolute atomic E-state index is 10.1. The maximum atomic E-state index is 10.1. The van der Waals surface area contributed by atoms with Crippen molar-refractivity contribution in [3.05, 3.63) is 28.8 Å². The van der Waals surface area contributed by atoms with Crippen LogP contribution in [0.1, 0.15) is 50.3 Å². The van der Waals surface area contributed by atoms with Crippen LogP contribution in [0.5, 0.6) is 5.75 Å². The summed E-state index contributed by atoms with van der Waals surface area (Å²) in [4.78, 5) is 0. The summed E-state index contributed by atoms with van der Waals surface area (Å²) in [7, 11) is 0. The lowest BCUT2D eigenvalue weighted by molar-refractivity contribution is 0.151. The second kappa shape index (κ2) is 3.74. The Bertz CT molecular complexity index is 437. The van der Waals surface area contributed by atoms with Crippen molar-refractivity contribution >= 4 is 0 Å². The SMILES string of the molecule is Cc1cc(CC2(O)CC2)cc(C(C)(C)C)c1O. The summed E-state index contributed by atoms with van der Waals surface area (Å²) in [6.07, 6.45) is 2.51. The third-order valence-corrected chi connectivity index (χ3v) is 3.53. The summed E-state index contributed by atoms with van der Waals surface area (Å²) in [6.45, 7) is 8.20. The van der Waals surface area contributed by atoms with Gasteiger partial charge in [-0.3, -0.25) is 0 Å². The highest BCUT2D eigenvalue weighted by Gasteiger charge is 2.40. The predicted molar refractivity (Wildman–Crippen MR) is 69.4 cm³/mol. The highest BCUT2D eigenvalue weighted by atomic mass is 16.3. The van der Waals surface area contributed by atoms with Crippen LogP contribution in [0.15, 0.2) is 12.1 Å². The third kappa shape index (κ3) is 2.63. The second-order valence-electron chi connectivity index (χ2n) is 6.46. The molecule has 2 heteroatoms. The Labute approximate surface area is 103 Å². The van der Waals surface area contributed by atoms with Gasteiger partial charge in [0.2, 0.25) is 0 Å². The van der Waals surface area contributed by atoms with Crippen LogP contribution in [0.25, 0.3) is 0 Å². The van der Waals surface area contributed by atoms with Crippen LogP contribution in [-0.2, 0) is 11.8 Å². The van der Waals surface area contributed by atoms with E-state index < -0.39 is 5.60 Å². The molecule has 1 aliphatic rings. The molecule has 1 aromatic carbocycles. The minimum atomic E-state index is -0.474. The zero-order valence-electron chi connectivity index (χ0n) is 11.2. The van der Waals surface area contributed by atoms with E-state index in [0.29, 0.717) is 12.2 Å². The second-order valence-corrected chi connectivity index (χ2v) is 6.46. The molecule has 94 valence electrons. The molecule has 0 heterocycles. The van der Waals surface area contributed by atoms with Crippen molar-refractivity contribution in [3.8, 4) is 5.75 Å². The maximum Gasteiger partial charge on any atom is 0.122 e. The third-order valence-electron chi connectivity index (χ3n) is 3.53. The highest BCUT2D eigenvalue weighted by molar-refractivity contribution is 5.46. The fourth-order valence-electron chi connectivity index (χ4n) is 2.23. The van der Waals surface area contributed by atoms with Crippen molar-refractivity contribution in [1.82, 2.24) is 0 Å². The van der Waals surface area contributed by atoms with Crippen molar-refractivity contribution in [2.24, 2.45) is 0 Å². The zero-order chi connectivity index (χ0) is 12.8. The Morgan fingerprint density at radius 1 is 1.24 bits per heavy atom. The number of phenols is 1. The first-order valence-corrected chi connectivity index (χ1v) is 6.27. The van der Waals surface area contributed by atoms with Gasteiger partial charge in [-0.15, -0.1) is 0 Å². The van der Waals surface area contributed by atoms with E-state index in [1.165, 1.54) is 0 Å². The van der Waals surface area contributed by atoms with Crippen LogP contribution in [0, 0.1) is 6.92 Å². The monoisotopic (exact) mass is 234 g/mol. The molecule has 0 aliphatic heterocycles. The van der Waals surface area contributed by atoms with Crippen molar-refractivity contribution in [2.45, 2.75) is 58.0 Å². The van der Waals surface area contributed by atoms with Crippen molar-refractivity contribution < 1.29 is 10.2 Å². The minimum absolute atomic E-state index is 0.0724. The standard InChI is InChI=1S/C15H22O2/c1-10-7-11(9-15(17)5-6-15)8-12(13(10)16)14(2,3)4/h7-8,16-17H,5-6,9H2,1-4H3. The van der Waals surface area contributed by atoms with E-state index in [1.54, 1.807) is 0 Å². The lowest BCUT2D eigenvalue weighted by Gasteiger charge is -2.23. The Balaban J connectivity index is 2.39. The quantitative estimate of drug-likeness (QED) is 0.825. The Hall–Kier alpha value is -1.02. The van der Waals surface area contributed by atoms with E-state index in [9.17, 15) is 10.2 Å². The molecule has 0 aromatic heterocycles. The van der Waals surface area contributed by atoms with Gasteiger partial charge in [0, 0.05) is 6.42 Å². The van der Waals surface area contributed by atoms with Crippen LogP contribution in [0.4, 0.5) is 0 Å². The van der Waals surface area contributed by atoms with Crippen molar-refractivity contribution in [3.63, 3.8) is 0 Å². The molecule has 0 saturated heterocycles. The molecule has 1 fully saturated rings. The Kier molecular flexibility index (Phi) is 2.74. The fraction of sp³-hybridized carbons (Fsp3) is 0.600.